The number of ether oxygens (including phenoxy) is 2. The van der Waals surface area contributed by atoms with Gasteiger partial charge in [0.15, 0.2) is 5.96 Å². The van der Waals surface area contributed by atoms with Crippen molar-refractivity contribution in [2.45, 2.75) is 51.3 Å². The van der Waals surface area contributed by atoms with Gasteiger partial charge in [-0.1, -0.05) is 12.1 Å². The molecule has 1 aliphatic heterocycles. The van der Waals surface area contributed by atoms with Crippen molar-refractivity contribution in [1.82, 2.24) is 4.90 Å². The second-order valence-corrected chi connectivity index (χ2v) is 6.57. The van der Waals surface area contributed by atoms with E-state index in [1.165, 1.54) is 18.4 Å². The summed E-state index contributed by atoms with van der Waals surface area (Å²) in [6.45, 7) is 4.08. The van der Waals surface area contributed by atoms with E-state index in [-0.39, 0.29) is 6.10 Å². The molecule has 2 fully saturated rings. The summed E-state index contributed by atoms with van der Waals surface area (Å²) in [5.74, 6) is 1.50. The van der Waals surface area contributed by atoms with Gasteiger partial charge in [-0.2, -0.15) is 0 Å². The molecule has 1 saturated carbocycles. The molecule has 0 amide bonds. The third-order valence-corrected chi connectivity index (χ3v) is 4.54. The van der Waals surface area contributed by atoms with Crippen molar-refractivity contribution in [3.8, 4) is 5.75 Å². The van der Waals surface area contributed by atoms with E-state index in [1.807, 2.05) is 7.05 Å². The lowest BCUT2D eigenvalue weighted by Crippen LogP contribution is -2.35. The molecule has 0 radical (unpaired) electrons. The maximum absolute atomic E-state index is 6.07. The second-order valence-electron chi connectivity index (χ2n) is 6.57. The molecule has 1 atom stereocenters. The normalized spacial score (nSPS) is 21.5. The lowest BCUT2D eigenvalue weighted by molar-refractivity contribution is 0.0676. The number of aliphatic imine (C=N–C) groups is 1. The summed E-state index contributed by atoms with van der Waals surface area (Å²) < 4.78 is 11.6. The molecule has 23 heavy (non-hydrogen) atoms. The summed E-state index contributed by atoms with van der Waals surface area (Å²) >= 11 is 0. The molecule has 3 rings (SSSR count). The van der Waals surface area contributed by atoms with Crippen LogP contribution in [0.15, 0.2) is 23.2 Å². The first-order chi connectivity index (χ1) is 11.1. The van der Waals surface area contributed by atoms with Crippen molar-refractivity contribution < 1.29 is 9.47 Å². The lowest BCUT2D eigenvalue weighted by atomic mass is 10.1. The van der Waals surface area contributed by atoms with Crippen molar-refractivity contribution in [3.05, 3.63) is 29.3 Å². The van der Waals surface area contributed by atoms with E-state index >= 15 is 0 Å². The number of rotatable bonds is 6. The van der Waals surface area contributed by atoms with Crippen molar-refractivity contribution in [3.63, 3.8) is 0 Å². The fraction of sp³-hybridized carbons (Fsp3) is 0.611. The Hall–Kier alpha value is -1.75. The first kappa shape index (κ1) is 16.1. The highest BCUT2D eigenvalue weighted by atomic mass is 16.5. The van der Waals surface area contributed by atoms with Crippen molar-refractivity contribution >= 4 is 5.96 Å². The second kappa shape index (κ2) is 7.21. The summed E-state index contributed by atoms with van der Waals surface area (Å²) in [5.41, 5.74) is 8.33. The van der Waals surface area contributed by atoms with E-state index in [9.17, 15) is 0 Å². The van der Waals surface area contributed by atoms with E-state index in [1.54, 1.807) is 0 Å². The Labute approximate surface area is 138 Å². The quantitative estimate of drug-likeness (QED) is 0.647. The van der Waals surface area contributed by atoms with E-state index in [0.717, 1.165) is 30.8 Å². The number of nitrogens with two attached hydrogens (primary N) is 1. The number of aryl methyl sites for hydroxylation is 1. The molecule has 5 heteroatoms. The fourth-order valence-corrected chi connectivity index (χ4v) is 2.81. The van der Waals surface area contributed by atoms with Gasteiger partial charge in [0, 0.05) is 25.3 Å². The van der Waals surface area contributed by atoms with Crippen LogP contribution in [0.1, 0.15) is 36.8 Å². The van der Waals surface area contributed by atoms with Crippen LogP contribution in [-0.2, 0) is 11.3 Å². The molecule has 2 N–H and O–H groups in total. The van der Waals surface area contributed by atoms with Gasteiger partial charge in [-0.05, 0) is 44.2 Å². The smallest absolute Gasteiger partial charge is 0.191 e. The van der Waals surface area contributed by atoms with Crippen LogP contribution < -0.4 is 10.5 Å². The molecule has 2 aliphatic rings. The number of benzene rings is 1. The minimum absolute atomic E-state index is 0.220. The van der Waals surface area contributed by atoms with Gasteiger partial charge in [0.25, 0.3) is 0 Å². The summed E-state index contributed by atoms with van der Waals surface area (Å²) in [6.07, 6.45) is 4.86. The van der Waals surface area contributed by atoms with Gasteiger partial charge in [0.1, 0.15) is 12.4 Å². The Morgan fingerprint density at radius 3 is 2.91 bits per heavy atom. The van der Waals surface area contributed by atoms with Crippen molar-refractivity contribution in [2.24, 2.45) is 10.7 Å². The molecule has 1 heterocycles. The van der Waals surface area contributed by atoms with E-state index < -0.39 is 0 Å². The van der Waals surface area contributed by atoms with Crippen LogP contribution in [0.4, 0.5) is 0 Å². The van der Waals surface area contributed by atoms with Crippen LogP contribution in [0, 0.1) is 6.92 Å². The van der Waals surface area contributed by atoms with Gasteiger partial charge in [-0.25, -0.2) is 4.99 Å². The van der Waals surface area contributed by atoms with Crippen molar-refractivity contribution in [1.29, 1.82) is 0 Å². The standard InChI is InChI=1S/C18H27N3O2/c1-13-5-6-14(11-20-18(19)21(2)15-7-8-15)17(10-13)23-12-16-4-3-9-22-16/h5-6,10,15-16H,3-4,7-9,11-12H2,1-2H3,(H2,19,20). The molecule has 0 spiro atoms. The molecular formula is C18H27N3O2. The van der Waals surface area contributed by atoms with Crippen LogP contribution in [-0.4, -0.2) is 43.3 Å². The van der Waals surface area contributed by atoms with Gasteiger partial charge in [-0.15, -0.1) is 0 Å². The molecule has 1 aromatic carbocycles. The van der Waals surface area contributed by atoms with Crippen LogP contribution in [0.3, 0.4) is 0 Å². The summed E-state index contributed by atoms with van der Waals surface area (Å²) in [5, 5.41) is 0. The highest BCUT2D eigenvalue weighted by Crippen LogP contribution is 2.26. The summed E-state index contributed by atoms with van der Waals surface area (Å²) in [7, 11) is 2.01. The van der Waals surface area contributed by atoms with Crippen molar-refractivity contribution in [2.75, 3.05) is 20.3 Å². The third kappa shape index (κ3) is 4.38. The van der Waals surface area contributed by atoms with E-state index in [4.69, 9.17) is 15.2 Å². The number of hydrogen-bond donors (Lipinski definition) is 1. The highest BCUT2D eigenvalue weighted by Gasteiger charge is 2.27. The number of guanidine groups is 1. The van der Waals surface area contributed by atoms with Crippen LogP contribution >= 0.6 is 0 Å². The topological polar surface area (TPSA) is 60.1 Å². The third-order valence-electron chi connectivity index (χ3n) is 4.54. The monoisotopic (exact) mass is 317 g/mol. The maximum Gasteiger partial charge on any atom is 0.191 e. The molecule has 1 aromatic rings. The Morgan fingerprint density at radius 1 is 1.39 bits per heavy atom. The van der Waals surface area contributed by atoms with Gasteiger partial charge < -0.3 is 20.1 Å². The maximum atomic E-state index is 6.07. The molecule has 0 aromatic heterocycles. The molecule has 5 nitrogen and oxygen atoms in total. The Bertz CT molecular complexity index is 563. The molecule has 1 unspecified atom stereocenters. The Balaban J connectivity index is 1.64. The Morgan fingerprint density at radius 2 is 2.22 bits per heavy atom. The molecular weight excluding hydrogens is 290 g/mol. The minimum atomic E-state index is 0.220. The molecule has 1 saturated heterocycles. The first-order valence-corrected chi connectivity index (χ1v) is 8.50. The van der Waals surface area contributed by atoms with E-state index in [0.29, 0.717) is 25.2 Å². The zero-order valence-electron chi connectivity index (χ0n) is 14.1. The molecule has 1 aliphatic carbocycles. The lowest BCUT2D eigenvalue weighted by Gasteiger charge is -2.18. The zero-order valence-corrected chi connectivity index (χ0v) is 14.1. The predicted molar refractivity (Wildman–Crippen MR) is 91.8 cm³/mol. The van der Waals surface area contributed by atoms with Gasteiger partial charge in [-0.3, -0.25) is 0 Å². The zero-order chi connectivity index (χ0) is 16.2. The number of nitrogens with zero attached hydrogens (tertiary/aromatic N) is 2. The minimum Gasteiger partial charge on any atom is -0.491 e. The number of hydrogen-bond acceptors (Lipinski definition) is 3. The average Bonchev–Trinajstić information content (AvgIpc) is 3.27. The summed E-state index contributed by atoms with van der Waals surface area (Å²) in [4.78, 5) is 6.61. The average molecular weight is 317 g/mol. The van der Waals surface area contributed by atoms with Crippen LogP contribution in [0.5, 0.6) is 5.75 Å². The highest BCUT2D eigenvalue weighted by molar-refractivity contribution is 5.78. The molecule has 126 valence electrons. The largest absolute Gasteiger partial charge is 0.491 e. The van der Waals surface area contributed by atoms with Crippen LogP contribution in [0.25, 0.3) is 0 Å². The van der Waals surface area contributed by atoms with Gasteiger partial charge in [0.05, 0.1) is 12.6 Å². The van der Waals surface area contributed by atoms with Crippen LogP contribution in [0.2, 0.25) is 0 Å². The Kier molecular flexibility index (Phi) is 5.06. The van der Waals surface area contributed by atoms with Gasteiger partial charge >= 0.3 is 0 Å². The SMILES string of the molecule is Cc1ccc(CN=C(N)N(C)C2CC2)c(OCC2CCCO2)c1. The van der Waals surface area contributed by atoms with E-state index in [2.05, 4.69) is 35.0 Å². The fourth-order valence-electron chi connectivity index (χ4n) is 2.81. The summed E-state index contributed by atoms with van der Waals surface area (Å²) in [6, 6.07) is 6.81. The van der Waals surface area contributed by atoms with Gasteiger partial charge in [0.2, 0.25) is 0 Å². The first-order valence-electron chi connectivity index (χ1n) is 8.50. The molecule has 0 bridgehead atoms. The predicted octanol–water partition coefficient (Wildman–Crippen LogP) is 2.46.